The molecule has 2 rings (SSSR count). The van der Waals surface area contributed by atoms with Crippen LogP contribution in [0.5, 0.6) is 0 Å². The quantitative estimate of drug-likeness (QED) is 0.882. The molecule has 1 aromatic rings. The van der Waals surface area contributed by atoms with Crippen LogP contribution in [-0.2, 0) is 0 Å². The minimum absolute atomic E-state index is 0.457. The molecule has 0 spiro atoms. The van der Waals surface area contributed by atoms with Crippen LogP contribution < -0.4 is 5.32 Å². The van der Waals surface area contributed by atoms with E-state index >= 15 is 0 Å². The second-order valence-corrected chi connectivity index (χ2v) is 6.09. The lowest BCUT2D eigenvalue weighted by Gasteiger charge is -2.32. The lowest BCUT2D eigenvalue weighted by molar-refractivity contribution is 0.260. The van der Waals surface area contributed by atoms with Gasteiger partial charge in [-0.3, -0.25) is 0 Å². The molecule has 3 atom stereocenters. The average molecular weight is 247 g/mol. The van der Waals surface area contributed by atoms with Crippen molar-refractivity contribution < 1.29 is 0 Å². The van der Waals surface area contributed by atoms with Crippen LogP contribution in [0.15, 0.2) is 12.4 Å². The van der Waals surface area contributed by atoms with Crippen LogP contribution in [0.3, 0.4) is 0 Å². The number of rotatable bonds is 3. The minimum Gasteiger partial charge on any atom is -0.367 e. The second kappa shape index (κ2) is 5.68. The molecule has 18 heavy (non-hydrogen) atoms. The van der Waals surface area contributed by atoms with Gasteiger partial charge in [0.2, 0.25) is 0 Å². The summed E-state index contributed by atoms with van der Waals surface area (Å²) in [6, 6.07) is 2.67. The van der Waals surface area contributed by atoms with Gasteiger partial charge in [0.1, 0.15) is 12.1 Å². The third kappa shape index (κ3) is 3.21. The standard InChI is InChI=1S/C15H25N3/c1-10(2)14-8-15(17-9-16-14)18-13-6-5-11(3)12(4)7-13/h8-13H,5-7H2,1-4H3,(H,16,17,18). The molecule has 1 fully saturated rings. The van der Waals surface area contributed by atoms with Crippen molar-refractivity contribution in [1.29, 1.82) is 0 Å². The summed E-state index contributed by atoms with van der Waals surface area (Å²) in [6.07, 6.45) is 5.50. The zero-order valence-corrected chi connectivity index (χ0v) is 12.0. The van der Waals surface area contributed by atoms with Crippen LogP contribution in [0, 0.1) is 11.8 Å². The predicted octanol–water partition coefficient (Wildman–Crippen LogP) is 3.84. The molecule has 1 N–H and O–H groups in total. The first-order valence-electron chi connectivity index (χ1n) is 7.14. The molecule has 1 aromatic heterocycles. The molecule has 1 aliphatic rings. The zero-order chi connectivity index (χ0) is 13.1. The van der Waals surface area contributed by atoms with Gasteiger partial charge < -0.3 is 5.32 Å². The predicted molar refractivity (Wildman–Crippen MR) is 75.7 cm³/mol. The first-order valence-corrected chi connectivity index (χ1v) is 7.14. The van der Waals surface area contributed by atoms with Crippen molar-refractivity contribution in [3.8, 4) is 0 Å². The fraction of sp³-hybridized carbons (Fsp3) is 0.733. The fourth-order valence-electron chi connectivity index (χ4n) is 2.65. The van der Waals surface area contributed by atoms with Crippen LogP contribution in [-0.4, -0.2) is 16.0 Å². The molecule has 1 saturated carbocycles. The van der Waals surface area contributed by atoms with Gasteiger partial charge in [0, 0.05) is 17.8 Å². The molecule has 3 nitrogen and oxygen atoms in total. The normalized spacial score (nSPS) is 28.4. The highest BCUT2D eigenvalue weighted by atomic mass is 15.0. The van der Waals surface area contributed by atoms with Gasteiger partial charge in [0.25, 0.3) is 0 Å². The van der Waals surface area contributed by atoms with E-state index in [1.54, 1.807) is 6.33 Å². The monoisotopic (exact) mass is 247 g/mol. The first-order chi connectivity index (χ1) is 8.56. The Hall–Kier alpha value is -1.12. The summed E-state index contributed by atoms with van der Waals surface area (Å²) in [5.41, 5.74) is 1.12. The van der Waals surface area contributed by atoms with E-state index in [0.717, 1.165) is 23.3 Å². The summed E-state index contributed by atoms with van der Waals surface area (Å²) in [4.78, 5) is 8.65. The number of hydrogen-bond acceptors (Lipinski definition) is 3. The van der Waals surface area contributed by atoms with Crippen molar-refractivity contribution in [1.82, 2.24) is 9.97 Å². The molecule has 1 heterocycles. The molecule has 0 aromatic carbocycles. The topological polar surface area (TPSA) is 37.8 Å². The molecular formula is C15H25N3. The summed E-state index contributed by atoms with van der Waals surface area (Å²) in [7, 11) is 0. The molecular weight excluding hydrogens is 222 g/mol. The van der Waals surface area contributed by atoms with Gasteiger partial charge in [-0.05, 0) is 37.0 Å². The SMILES string of the molecule is CC(C)c1cc(NC2CCC(C)C(C)C2)ncn1. The number of nitrogens with zero attached hydrogens (tertiary/aromatic N) is 2. The second-order valence-electron chi connectivity index (χ2n) is 6.09. The number of nitrogens with one attached hydrogen (secondary N) is 1. The van der Waals surface area contributed by atoms with Gasteiger partial charge in [-0.15, -0.1) is 0 Å². The maximum Gasteiger partial charge on any atom is 0.129 e. The zero-order valence-electron chi connectivity index (χ0n) is 12.0. The summed E-state index contributed by atoms with van der Waals surface area (Å²) < 4.78 is 0. The highest BCUT2D eigenvalue weighted by molar-refractivity contribution is 5.36. The van der Waals surface area contributed by atoms with Crippen molar-refractivity contribution in [3.05, 3.63) is 18.1 Å². The molecule has 100 valence electrons. The minimum atomic E-state index is 0.457. The van der Waals surface area contributed by atoms with Gasteiger partial charge in [0.05, 0.1) is 0 Å². The van der Waals surface area contributed by atoms with Crippen LogP contribution in [0.4, 0.5) is 5.82 Å². The molecule has 0 amide bonds. The Kier molecular flexibility index (Phi) is 4.20. The van der Waals surface area contributed by atoms with Gasteiger partial charge in [-0.2, -0.15) is 0 Å². The molecule has 0 saturated heterocycles. The van der Waals surface area contributed by atoms with Crippen molar-refractivity contribution in [3.63, 3.8) is 0 Å². The van der Waals surface area contributed by atoms with Crippen molar-refractivity contribution in [2.24, 2.45) is 11.8 Å². The number of aromatic nitrogens is 2. The summed E-state index contributed by atoms with van der Waals surface area (Å²) >= 11 is 0. The van der Waals surface area contributed by atoms with Crippen LogP contribution in [0.2, 0.25) is 0 Å². The van der Waals surface area contributed by atoms with Crippen molar-refractivity contribution in [2.75, 3.05) is 5.32 Å². The average Bonchev–Trinajstić information content (AvgIpc) is 2.34. The van der Waals surface area contributed by atoms with E-state index in [4.69, 9.17) is 0 Å². The fourth-order valence-corrected chi connectivity index (χ4v) is 2.65. The van der Waals surface area contributed by atoms with Gasteiger partial charge in [-0.1, -0.05) is 27.7 Å². The molecule has 1 aliphatic carbocycles. The van der Waals surface area contributed by atoms with Crippen LogP contribution in [0.1, 0.15) is 58.6 Å². The summed E-state index contributed by atoms with van der Waals surface area (Å²) in [6.45, 7) is 9.05. The third-order valence-electron chi connectivity index (χ3n) is 4.23. The Morgan fingerprint density at radius 2 is 1.94 bits per heavy atom. The van der Waals surface area contributed by atoms with Gasteiger partial charge in [0.15, 0.2) is 0 Å². The summed E-state index contributed by atoms with van der Waals surface area (Å²) in [5.74, 6) is 3.11. The largest absolute Gasteiger partial charge is 0.367 e. The maximum absolute atomic E-state index is 4.34. The van der Waals surface area contributed by atoms with E-state index in [0.29, 0.717) is 12.0 Å². The third-order valence-corrected chi connectivity index (χ3v) is 4.23. The molecule has 0 bridgehead atoms. The van der Waals surface area contributed by atoms with E-state index in [-0.39, 0.29) is 0 Å². The molecule has 0 radical (unpaired) electrons. The smallest absolute Gasteiger partial charge is 0.129 e. The van der Waals surface area contributed by atoms with Crippen molar-refractivity contribution in [2.45, 2.75) is 58.9 Å². The van der Waals surface area contributed by atoms with E-state index in [1.807, 2.05) is 0 Å². The Morgan fingerprint density at radius 3 is 2.61 bits per heavy atom. The van der Waals surface area contributed by atoms with Crippen LogP contribution >= 0.6 is 0 Å². The Balaban J connectivity index is 1.99. The number of anilines is 1. The van der Waals surface area contributed by atoms with E-state index in [9.17, 15) is 0 Å². The highest BCUT2D eigenvalue weighted by Crippen LogP contribution is 2.30. The van der Waals surface area contributed by atoms with Gasteiger partial charge >= 0.3 is 0 Å². The highest BCUT2D eigenvalue weighted by Gasteiger charge is 2.24. The van der Waals surface area contributed by atoms with E-state index in [1.165, 1.54) is 19.3 Å². The number of hydrogen-bond donors (Lipinski definition) is 1. The van der Waals surface area contributed by atoms with E-state index < -0.39 is 0 Å². The summed E-state index contributed by atoms with van der Waals surface area (Å²) in [5, 5.41) is 3.58. The lowest BCUT2D eigenvalue weighted by Crippen LogP contribution is -2.30. The molecule has 3 unspecified atom stereocenters. The van der Waals surface area contributed by atoms with Crippen LogP contribution in [0.25, 0.3) is 0 Å². The Bertz CT molecular complexity index is 389. The Labute approximate surface area is 110 Å². The Morgan fingerprint density at radius 1 is 1.17 bits per heavy atom. The maximum atomic E-state index is 4.34. The van der Waals surface area contributed by atoms with Gasteiger partial charge in [-0.25, -0.2) is 9.97 Å². The first kappa shape index (κ1) is 13.3. The molecule has 3 heteroatoms. The lowest BCUT2D eigenvalue weighted by atomic mass is 9.79. The van der Waals surface area contributed by atoms with Crippen molar-refractivity contribution >= 4 is 5.82 Å². The van der Waals surface area contributed by atoms with E-state index in [2.05, 4.69) is 49.0 Å². The molecule has 0 aliphatic heterocycles.